The molecule has 2 N–H and O–H groups in total. The topological polar surface area (TPSA) is 89.4 Å². The molecule has 0 atom stereocenters. The van der Waals surface area contributed by atoms with Crippen molar-refractivity contribution in [3.05, 3.63) is 67.2 Å². The van der Waals surface area contributed by atoms with Gasteiger partial charge in [-0.25, -0.2) is 4.99 Å². The van der Waals surface area contributed by atoms with E-state index in [9.17, 15) is 4.79 Å². The molecule has 160 valence electrons. The van der Waals surface area contributed by atoms with Crippen LogP contribution in [0.5, 0.6) is 0 Å². The highest BCUT2D eigenvalue weighted by Gasteiger charge is 2.17. The van der Waals surface area contributed by atoms with E-state index in [1.165, 1.54) is 0 Å². The van der Waals surface area contributed by atoms with E-state index in [4.69, 9.17) is 5.73 Å². The Balaban J connectivity index is 1.86. The predicted octanol–water partition coefficient (Wildman–Crippen LogP) is 4.19. The zero-order chi connectivity index (χ0) is 22.2. The minimum Gasteiger partial charge on any atom is -0.384 e. The predicted molar refractivity (Wildman–Crippen MR) is 127 cm³/mol. The summed E-state index contributed by atoms with van der Waals surface area (Å²) < 4.78 is 1.58. The smallest absolute Gasteiger partial charge is 0.222 e. The van der Waals surface area contributed by atoms with Gasteiger partial charge in [0.2, 0.25) is 5.91 Å². The zero-order valence-electron chi connectivity index (χ0n) is 18.0. The molecule has 0 saturated carbocycles. The Morgan fingerprint density at radius 2 is 2.06 bits per heavy atom. The summed E-state index contributed by atoms with van der Waals surface area (Å²) in [5, 5.41) is 4.41. The highest BCUT2D eigenvalue weighted by molar-refractivity contribution is 5.83. The maximum Gasteiger partial charge on any atom is 0.222 e. The molecule has 7 heteroatoms. The molecule has 3 rings (SSSR count). The zero-order valence-corrected chi connectivity index (χ0v) is 18.0. The Labute approximate surface area is 183 Å². The average Bonchev–Trinajstić information content (AvgIpc) is 3.23. The third kappa shape index (κ3) is 5.25. The number of hydrogen-bond acceptors (Lipinski definition) is 5. The van der Waals surface area contributed by atoms with E-state index in [-0.39, 0.29) is 5.91 Å². The second-order valence-corrected chi connectivity index (χ2v) is 7.04. The summed E-state index contributed by atoms with van der Waals surface area (Å²) in [6, 6.07) is 3.89. The Kier molecular flexibility index (Phi) is 7.32. The number of fused-ring (bicyclic) bond motifs is 1. The van der Waals surface area contributed by atoms with Crippen molar-refractivity contribution in [1.82, 2.24) is 19.7 Å². The molecular weight excluding hydrogens is 388 g/mol. The molecule has 2 aromatic heterocycles. The van der Waals surface area contributed by atoms with E-state index in [1.54, 1.807) is 34.3 Å². The lowest BCUT2D eigenvalue weighted by Crippen LogP contribution is -2.32. The summed E-state index contributed by atoms with van der Waals surface area (Å²) in [6.07, 6.45) is 16.4. The fraction of sp³-hybridized carbons (Fsp3) is 0.250. The number of rotatable bonds is 6. The Morgan fingerprint density at radius 3 is 2.77 bits per heavy atom. The minimum absolute atomic E-state index is 0.0505. The summed E-state index contributed by atoms with van der Waals surface area (Å²) in [7, 11) is 0. The van der Waals surface area contributed by atoms with Crippen LogP contribution in [0.15, 0.2) is 66.5 Å². The number of allylic oxidation sites excluding steroid dienone is 5. The number of pyridine rings is 1. The summed E-state index contributed by atoms with van der Waals surface area (Å²) in [5.74, 6) is 1.09. The van der Waals surface area contributed by atoms with Gasteiger partial charge in [0.1, 0.15) is 5.82 Å². The molecule has 0 aromatic carbocycles. The largest absolute Gasteiger partial charge is 0.384 e. The molecule has 1 amide bonds. The van der Waals surface area contributed by atoms with E-state index >= 15 is 0 Å². The van der Waals surface area contributed by atoms with Crippen molar-refractivity contribution in [3.63, 3.8) is 0 Å². The standard InChI is InChI=1S/C24H28N6O/c1-4-6-7-8-9-18(3)21-11-10-19(16-27-21)20-17-28-30-22(25)12-14-29(23(31)5-2)15-13-26-24(20)30/h6-13,16-17H,3-5,14-15,25H2,1-2H3/b7-6-,9-8-,22-12+,26-13+. The molecule has 0 saturated heterocycles. The van der Waals surface area contributed by atoms with Crippen LogP contribution < -0.4 is 5.73 Å². The van der Waals surface area contributed by atoms with Crippen molar-refractivity contribution in [2.24, 2.45) is 10.7 Å². The van der Waals surface area contributed by atoms with Gasteiger partial charge in [0.05, 0.1) is 18.4 Å². The van der Waals surface area contributed by atoms with Gasteiger partial charge < -0.3 is 10.6 Å². The second-order valence-electron chi connectivity index (χ2n) is 7.04. The molecule has 0 radical (unpaired) electrons. The van der Waals surface area contributed by atoms with Crippen molar-refractivity contribution in [1.29, 1.82) is 0 Å². The number of carbonyl (C=O) groups excluding carboxylic acids is 1. The number of amides is 1. The molecule has 0 spiro atoms. The van der Waals surface area contributed by atoms with E-state index < -0.39 is 0 Å². The second kappa shape index (κ2) is 10.3. The van der Waals surface area contributed by atoms with Crippen LogP contribution in [0, 0.1) is 0 Å². The SMILES string of the molecule is C=C(/C=C\C=C/CC)c1ccc(-c2cnn3c2/N=C/CN(C(=O)CC)C/C=C/3N)cn1. The Morgan fingerprint density at radius 1 is 1.23 bits per heavy atom. The Hall–Kier alpha value is -3.74. The van der Waals surface area contributed by atoms with Gasteiger partial charge in [-0.05, 0) is 24.1 Å². The van der Waals surface area contributed by atoms with Gasteiger partial charge in [0, 0.05) is 36.5 Å². The molecule has 0 bridgehead atoms. The molecule has 0 aliphatic carbocycles. The molecule has 31 heavy (non-hydrogen) atoms. The van der Waals surface area contributed by atoms with Crippen molar-refractivity contribution in [2.45, 2.75) is 26.7 Å². The first-order chi connectivity index (χ1) is 15.0. The third-order valence-corrected chi connectivity index (χ3v) is 4.86. The summed E-state index contributed by atoms with van der Waals surface area (Å²) in [5.41, 5.74) is 9.54. The van der Waals surface area contributed by atoms with Crippen molar-refractivity contribution < 1.29 is 4.79 Å². The number of aromatic nitrogens is 3. The van der Waals surface area contributed by atoms with Gasteiger partial charge in [0.25, 0.3) is 0 Å². The van der Waals surface area contributed by atoms with Gasteiger partial charge in [-0.1, -0.05) is 50.8 Å². The van der Waals surface area contributed by atoms with Crippen molar-refractivity contribution in [3.8, 4) is 11.1 Å². The highest BCUT2D eigenvalue weighted by Crippen LogP contribution is 2.31. The van der Waals surface area contributed by atoms with E-state index in [0.717, 1.165) is 28.8 Å². The van der Waals surface area contributed by atoms with Crippen molar-refractivity contribution >= 4 is 29.3 Å². The van der Waals surface area contributed by atoms with Gasteiger partial charge in [-0.15, -0.1) is 0 Å². The fourth-order valence-corrected chi connectivity index (χ4v) is 3.09. The first kappa shape index (κ1) is 22.0. The number of nitrogens with two attached hydrogens (primary N) is 1. The first-order valence-corrected chi connectivity index (χ1v) is 10.4. The first-order valence-electron chi connectivity index (χ1n) is 10.4. The van der Waals surface area contributed by atoms with Crippen LogP contribution in [0.2, 0.25) is 0 Å². The lowest BCUT2D eigenvalue weighted by atomic mass is 10.1. The van der Waals surface area contributed by atoms with Gasteiger partial charge in [0.15, 0.2) is 5.82 Å². The number of hydrogen-bond donors (Lipinski definition) is 1. The van der Waals surface area contributed by atoms with E-state index in [2.05, 4.69) is 34.7 Å². The normalized spacial score (nSPS) is 17.0. The van der Waals surface area contributed by atoms with Crippen LogP contribution in [0.3, 0.4) is 0 Å². The minimum atomic E-state index is 0.0505. The quantitative estimate of drug-likeness (QED) is 0.715. The maximum atomic E-state index is 12.1. The number of aliphatic imine (C=N–C) groups is 1. The van der Waals surface area contributed by atoms with Crippen LogP contribution in [-0.2, 0) is 4.79 Å². The molecule has 1 aliphatic heterocycles. The van der Waals surface area contributed by atoms with Crippen molar-refractivity contribution in [2.75, 3.05) is 13.1 Å². The average molecular weight is 417 g/mol. The Bertz CT molecular complexity index is 1060. The van der Waals surface area contributed by atoms with Crippen LogP contribution in [0.4, 0.5) is 5.82 Å². The van der Waals surface area contributed by atoms with Gasteiger partial charge in [-0.2, -0.15) is 9.78 Å². The van der Waals surface area contributed by atoms with Gasteiger partial charge >= 0.3 is 0 Å². The fourth-order valence-electron chi connectivity index (χ4n) is 3.09. The van der Waals surface area contributed by atoms with E-state index in [1.807, 2.05) is 37.3 Å². The molecule has 3 heterocycles. The molecular formula is C24H28N6O. The van der Waals surface area contributed by atoms with Crippen LogP contribution in [-0.4, -0.2) is 44.9 Å². The lowest BCUT2D eigenvalue weighted by Gasteiger charge is -2.17. The summed E-state index contributed by atoms with van der Waals surface area (Å²) >= 11 is 0. The molecule has 1 aliphatic rings. The number of nitrogens with zero attached hydrogens (tertiary/aromatic N) is 5. The number of carbonyl (C=O) groups is 1. The lowest BCUT2D eigenvalue weighted by molar-refractivity contribution is -0.129. The molecule has 0 unspecified atom stereocenters. The monoisotopic (exact) mass is 416 g/mol. The van der Waals surface area contributed by atoms with Crippen LogP contribution in [0.25, 0.3) is 22.5 Å². The highest BCUT2D eigenvalue weighted by atomic mass is 16.2. The van der Waals surface area contributed by atoms with Crippen LogP contribution in [0.1, 0.15) is 32.4 Å². The van der Waals surface area contributed by atoms with Crippen LogP contribution >= 0.6 is 0 Å². The molecule has 0 fully saturated rings. The third-order valence-electron chi connectivity index (χ3n) is 4.86. The van der Waals surface area contributed by atoms with Gasteiger partial charge in [-0.3, -0.25) is 9.78 Å². The molecule has 7 nitrogen and oxygen atoms in total. The maximum absolute atomic E-state index is 12.1. The molecule has 2 aromatic rings. The van der Waals surface area contributed by atoms with E-state index in [0.29, 0.717) is 31.1 Å². The summed E-state index contributed by atoms with van der Waals surface area (Å²) in [4.78, 5) is 22.9. The summed E-state index contributed by atoms with van der Waals surface area (Å²) in [6.45, 7) is 8.84.